The van der Waals surface area contributed by atoms with Crippen molar-refractivity contribution in [2.75, 3.05) is 0 Å². The van der Waals surface area contributed by atoms with E-state index in [-0.39, 0.29) is 35.6 Å². The van der Waals surface area contributed by atoms with E-state index >= 15 is 0 Å². The van der Waals surface area contributed by atoms with Gasteiger partial charge in [0.05, 0.1) is 24.0 Å². The zero-order valence-corrected chi connectivity index (χ0v) is 16.0. The molecule has 0 radical (unpaired) electrons. The highest BCUT2D eigenvalue weighted by molar-refractivity contribution is 7.15. The highest BCUT2D eigenvalue weighted by Crippen LogP contribution is 2.53. The third-order valence-corrected chi connectivity index (χ3v) is 7.70. The van der Waals surface area contributed by atoms with E-state index in [1.165, 1.54) is 0 Å². The molecule has 134 valence electrons. The minimum absolute atomic E-state index is 0.0362. The molecule has 2 bridgehead atoms. The minimum Gasteiger partial charge on any atom is -0.373 e. The molecule has 0 amide bonds. The Labute approximate surface area is 161 Å². The Bertz CT molecular complexity index is 872. The molecule has 3 fully saturated rings. The highest BCUT2D eigenvalue weighted by atomic mass is 35.5. The zero-order valence-electron chi connectivity index (χ0n) is 14.4. The number of fused-ring (bicyclic) bond motifs is 5. The summed E-state index contributed by atoms with van der Waals surface area (Å²) in [4.78, 5) is 28.5. The maximum atomic E-state index is 13.1. The lowest BCUT2D eigenvalue weighted by molar-refractivity contribution is -0.127. The topological polar surface area (TPSA) is 43.4 Å². The molecule has 5 heteroatoms. The third kappa shape index (κ3) is 2.29. The summed E-state index contributed by atoms with van der Waals surface area (Å²) in [5.74, 6) is -0.848. The molecule has 0 N–H and O–H groups in total. The van der Waals surface area contributed by atoms with Gasteiger partial charge >= 0.3 is 0 Å². The van der Waals surface area contributed by atoms with Gasteiger partial charge in [-0.2, -0.15) is 0 Å². The second-order valence-electron chi connectivity index (χ2n) is 7.43. The number of Topliss-reactive ketones (excluding diaryl/α,β-unsaturated/α-hetero) is 2. The van der Waals surface area contributed by atoms with Gasteiger partial charge in [-0.25, -0.2) is 0 Å². The predicted octanol–water partition coefficient (Wildman–Crippen LogP) is 4.66. The lowest BCUT2D eigenvalue weighted by atomic mass is 9.81. The summed E-state index contributed by atoms with van der Waals surface area (Å²) in [6.07, 6.45) is 2.58. The molecule has 1 saturated carbocycles. The van der Waals surface area contributed by atoms with Gasteiger partial charge in [-0.05, 0) is 48.6 Å². The van der Waals surface area contributed by atoms with Gasteiger partial charge in [-0.3, -0.25) is 9.59 Å². The summed E-state index contributed by atoms with van der Waals surface area (Å²) < 4.78 is 5.86. The molecule has 1 aromatic carbocycles. The van der Waals surface area contributed by atoms with Crippen molar-refractivity contribution in [2.45, 2.75) is 44.3 Å². The Morgan fingerprint density at radius 1 is 1.08 bits per heavy atom. The SMILES string of the molecule is CCc1sc(-c2ccc(Cl)cc2)cc1C1C(=O)[C@@H]2[C@H](C1=O)[C@@H]1CC[C@H]2O1. The van der Waals surface area contributed by atoms with Crippen molar-refractivity contribution in [1.29, 1.82) is 0 Å². The van der Waals surface area contributed by atoms with E-state index < -0.39 is 5.92 Å². The second-order valence-corrected chi connectivity index (χ2v) is 9.00. The number of rotatable bonds is 3. The maximum absolute atomic E-state index is 13.1. The molecular weight excluding hydrogens is 368 g/mol. The zero-order chi connectivity index (χ0) is 18.0. The first-order chi connectivity index (χ1) is 12.6. The van der Waals surface area contributed by atoms with Crippen molar-refractivity contribution < 1.29 is 14.3 Å². The van der Waals surface area contributed by atoms with Gasteiger partial charge < -0.3 is 4.74 Å². The van der Waals surface area contributed by atoms with Crippen molar-refractivity contribution in [3.8, 4) is 10.4 Å². The van der Waals surface area contributed by atoms with Crippen LogP contribution in [0, 0.1) is 11.8 Å². The fourth-order valence-electron chi connectivity index (χ4n) is 4.95. The second kappa shape index (κ2) is 6.01. The molecule has 0 spiro atoms. The van der Waals surface area contributed by atoms with Crippen molar-refractivity contribution in [3.63, 3.8) is 0 Å². The lowest BCUT2D eigenvalue weighted by Crippen LogP contribution is -2.29. The average molecular weight is 387 g/mol. The molecule has 1 aliphatic carbocycles. The van der Waals surface area contributed by atoms with Crippen LogP contribution in [-0.2, 0) is 20.7 Å². The van der Waals surface area contributed by atoms with Crippen LogP contribution in [0.5, 0.6) is 0 Å². The molecule has 3 nitrogen and oxygen atoms in total. The first-order valence-corrected chi connectivity index (χ1v) is 10.4. The molecule has 5 rings (SSSR count). The smallest absolute Gasteiger partial charge is 0.154 e. The molecule has 3 aliphatic rings. The van der Waals surface area contributed by atoms with Crippen LogP contribution in [0.4, 0.5) is 0 Å². The fraction of sp³-hybridized carbons (Fsp3) is 0.429. The van der Waals surface area contributed by atoms with Gasteiger partial charge in [0.1, 0.15) is 5.92 Å². The summed E-state index contributed by atoms with van der Waals surface area (Å²) >= 11 is 7.67. The van der Waals surface area contributed by atoms with Crippen molar-refractivity contribution in [1.82, 2.24) is 0 Å². The summed E-state index contributed by atoms with van der Waals surface area (Å²) in [5.41, 5.74) is 1.99. The Balaban J connectivity index is 1.55. The van der Waals surface area contributed by atoms with Crippen molar-refractivity contribution in [2.24, 2.45) is 11.8 Å². The first kappa shape index (κ1) is 16.7. The van der Waals surface area contributed by atoms with E-state index in [0.717, 1.165) is 40.1 Å². The molecule has 1 unspecified atom stereocenters. The number of ether oxygens (including phenoxy) is 1. The standard InChI is InChI=1S/C21H19ClO3S/c1-2-15-12(9-16(26-15)10-3-5-11(22)6-4-10)17-20(23)18-13-7-8-14(25-13)19(18)21(17)24/h3-6,9,13-14,17-19H,2,7-8H2,1H3/t13-,14+,17?,18+,19-. The van der Waals surface area contributed by atoms with Gasteiger partial charge in [-0.1, -0.05) is 30.7 Å². The van der Waals surface area contributed by atoms with E-state index in [1.54, 1.807) is 11.3 Å². The number of benzene rings is 1. The highest BCUT2D eigenvalue weighted by Gasteiger charge is 2.63. The minimum atomic E-state index is -0.593. The Morgan fingerprint density at radius 3 is 2.27 bits per heavy atom. The molecule has 1 aromatic heterocycles. The average Bonchev–Trinajstić information content (AvgIpc) is 3.39. The van der Waals surface area contributed by atoms with Crippen LogP contribution in [0.15, 0.2) is 30.3 Å². The van der Waals surface area contributed by atoms with Crippen LogP contribution in [0.3, 0.4) is 0 Å². The number of hydrogen-bond acceptors (Lipinski definition) is 4. The number of ketones is 2. The molecule has 5 atom stereocenters. The van der Waals surface area contributed by atoms with Crippen LogP contribution >= 0.6 is 22.9 Å². The number of carbonyl (C=O) groups is 2. The van der Waals surface area contributed by atoms with Crippen molar-refractivity contribution in [3.05, 3.63) is 45.8 Å². The van der Waals surface area contributed by atoms with E-state index in [4.69, 9.17) is 16.3 Å². The molecular formula is C21H19ClO3S. The number of halogens is 1. The molecule has 2 aromatic rings. The van der Waals surface area contributed by atoms with Crippen LogP contribution in [0.2, 0.25) is 5.02 Å². The predicted molar refractivity (Wildman–Crippen MR) is 102 cm³/mol. The Morgan fingerprint density at radius 2 is 1.69 bits per heavy atom. The normalized spacial score (nSPS) is 32.5. The summed E-state index contributed by atoms with van der Waals surface area (Å²) in [6.45, 7) is 2.08. The Kier molecular flexibility index (Phi) is 3.85. The van der Waals surface area contributed by atoms with Crippen LogP contribution in [-0.4, -0.2) is 23.8 Å². The van der Waals surface area contributed by atoms with Gasteiger partial charge in [0.25, 0.3) is 0 Å². The third-order valence-electron chi connectivity index (χ3n) is 6.10. The quantitative estimate of drug-likeness (QED) is 0.720. The number of aryl methyl sites for hydroxylation is 1. The van der Waals surface area contributed by atoms with Gasteiger partial charge in [0.15, 0.2) is 11.6 Å². The monoisotopic (exact) mass is 386 g/mol. The Hall–Kier alpha value is -1.49. The maximum Gasteiger partial charge on any atom is 0.154 e. The molecule has 26 heavy (non-hydrogen) atoms. The molecule has 2 saturated heterocycles. The summed E-state index contributed by atoms with van der Waals surface area (Å²) in [7, 11) is 0. The van der Waals surface area contributed by atoms with Gasteiger partial charge in [-0.15, -0.1) is 11.3 Å². The van der Waals surface area contributed by atoms with Crippen LogP contribution in [0.1, 0.15) is 36.1 Å². The van der Waals surface area contributed by atoms with E-state index in [9.17, 15) is 9.59 Å². The van der Waals surface area contributed by atoms with Crippen LogP contribution in [0.25, 0.3) is 10.4 Å². The van der Waals surface area contributed by atoms with Crippen molar-refractivity contribution >= 4 is 34.5 Å². The lowest BCUT2D eigenvalue weighted by Gasteiger charge is -2.16. The number of carbonyl (C=O) groups excluding carboxylic acids is 2. The van der Waals surface area contributed by atoms with Crippen LogP contribution < -0.4 is 0 Å². The first-order valence-electron chi connectivity index (χ1n) is 9.20. The van der Waals surface area contributed by atoms with Gasteiger partial charge in [0, 0.05) is 14.8 Å². The number of thiophene rings is 1. The largest absolute Gasteiger partial charge is 0.373 e. The van der Waals surface area contributed by atoms with E-state index in [1.807, 2.05) is 24.3 Å². The summed E-state index contributed by atoms with van der Waals surface area (Å²) in [5, 5.41) is 0.700. The molecule has 2 aliphatic heterocycles. The summed E-state index contributed by atoms with van der Waals surface area (Å²) in [6, 6.07) is 9.76. The number of hydrogen-bond donors (Lipinski definition) is 0. The van der Waals surface area contributed by atoms with Gasteiger partial charge in [0.2, 0.25) is 0 Å². The van der Waals surface area contributed by atoms with E-state index in [2.05, 4.69) is 13.0 Å². The fourth-order valence-corrected chi connectivity index (χ4v) is 6.22. The van der Waals surface area contributed by atoms with E-state index in [0.29, 0.717) is 5.02 Å². The molecule has 3 heterocycles.